The van der Waals surface area contributed by atoms with Gasteiger partial charge in [0, 0.05) is 20.1 Å². The van der Waals surface area contributed by atoms with Crippen LogP contribution in [0.5, 0.6) is 0 Å². The van der Waals surface area contributed by atoms with Crippen molar-refractivity contribution in [1.82, 2.24) is 20.1 Å². The Morgan fingerprint density at radius 2 is 2.28 bits per heavy atom. The monoisotopic (exact) mass is 254 g/mol. The first-order chi connectivity index (χ1) is 8.52. The zero-order chi connectivity index (χ0) is 13.3. The maximum Gasteiger partial charge on any atom is 0.326 e. The number of nitrogens with one attached hydrogen (secondary N) is 1. The molecule has 18 heavy (non-hydrogen) atoms. The van der Waals surface area contributed by atoms with Crippen LogP contribution in [0.2, 0.25) is 0 Å². The van der Waals surface area contributed by atoms with Crippen molar-refractivity contribution < 1.29 is 19.4 Å². The fraction of sp³-hybridized carbons (Fsp3) is 0.600. The van der Waals surface area contributed by atoms with Gasteiger partial charge in [-0.05, 0) is 6.92 Å². The third-order valence-corrected chi connectivity index (χ3v) is 2.93. The smallest absolute Gasteiger partial charge is 0.326 e. The number of likely N-dealkylation sites (tertiary alicyclic amines) is 1. The van der Waals surface area contributed by atoms with Crippen molar-refractivity contribution in [1.29, 1.82) is 0 Å². The highest BCUT2D eigenvalue weighted by atomic mass is 16.5. The number of amides is 1. The molecule has 1 saturated heterocycles. The molecule has 1 aliphatic heterocycles. The summed E-state index contributed by atoms with van der Waals surface area (Å²) in [7, 11) is 1.49. The second kappa shape index (κ2) is 4.73. The van der Waals surface area contributed by atoms with Gasteiger partial charge >= 0.3 is 5.97 Å². The van der Waals surface area contributed by atoms with Gasteiger partial charge in [-0.3, -0.25) is 9.89 Å². The quantitative estimate of drug-likeness (QED) is 0.747. The summed E-state index contributed by atoms with van der Waals surface area (Å²) < 4.78 is 5.11. The number of methoxy groups -OCH3 is 1. The van der Waals surface area contributed by atoms with E-state index in [1.807, 2.05) is 0 Å². The molecule has 0 saturated carbocycles. The minimum absolute atomic E-state index is 0.0181. The molecule has 8 heteroatoms. The normalized spacial score (nSPS) is 23.3. The van der Waals surface area contributed by atoms with Crippen molar-refractivity contribution >= 4 is 11.9 Å². The zero-order valence-electron chi connectivity index (χ0n) is 10.1. The fourth-order valence-electron chi connectivity index (χ4n) is 1.99. The molecule has 1 amide bonds. The van der Waals surface area contributed by atoms with Crippen LogP contribution in [0.15, 0.2) is 0 Å². The maximum atomic E-state index is 12.1. The van der Waals surface area contributed by atoms with Crippen LogP contribution in [0.25, 0.3) is 0 Å². The Labute approximate surface area is 103 Å². The number of aromatic amines is 1. The van der Waals surface area contributed by atoms with Gasteiger partial charge in [0.25, 0.3) is 5.91 Å². The summed E-state index contributed by atoms with van der Waals surface area (Å²) in [6.07, 6.45) is 0.0103. The van der Waals surface area contributed by atoms with E-state index in [-0.39, 0.29) is 24.9 Å². The SMILES string of the molecule is COC1CC(C(=O)O)N(C(=O)c2n[nH]c(C)n2)C1. The standard InChI is InChI=1S/C10H14N4O4/c1-5-11-8(13-12-5)9(15)14-4-6(18-2)3-7(14)10(16)17/h6-7H,3-4H2,1-2H3,(H,16,17)(H,11,12,13). The van der Waals surface area contributed by atoms with Crippen molar-refractivity contribution in [2.24, 2.45) is 0 Å². The van der Waals surface area contributed by atoms with E-state index in [1.54, 1.807) is 6.92 Å². The number of carboxylic acid groups (broad SMARTS) is 1. The van der Waals surface area contributed by atoms with Gasteiger partial charge in [-0.2, -0.15) is 0 Å². The molecule has 0 aliphatic carbocycles. The maximum absolute atomic E-state index is 12.1. The van der Waals surface area contributed by atoms with Crippen LogP contribution in [0, 0.1) is 6.92 Å². The number of hydrogen-bond donors (Lipinski definition) is 2. The molecule has 1 fully saturated rings. The van der Waals surface area contributed by atoms with Gasteiger partial charge in [0.05, 0.1) is 6.10 Å². The Morgan fingerprint density at radius 3 is 2.78 bits per heavy atom. The summed E-state index contributed by atoms with van der Waals surface area (Å²) in [6.45, 7) is 1.90. The number of carboxylic acids is 1. The van der Waals surface area contributed by atoms with Gasteiger partial charge in [-0.1, -0.05) is 0 Å². The van der Waals surface area contributed by atoms with E-state index in [2.05, 4.69) is 15.2 Å². The Kier molecular flexibility index (Phi) is 3.28. The number of ether oxygens (including phenoxy) is 1. The molecule has 1 aliphatic rings. The average molecular weight is 254 g/mol. The molecule has 0 aromatic carbocycles. The van der Waals surface area contributed by atoms with Crippen molar-refractivity contribution in [3.63, 3.8) is 0 Å². The topological polar surface area (TPSA) is 108 Å². The van der Waals surface area contributed by atoms with E-state index in [4.69, 9.17) is 9.84 Å². The summed E-state index contributed by atoms with van der Waals surface area (Å²) in [4.78, 5) is 28.4. The van der Waals surface area contributed by atoms with Gasteiger partial charge < -0.3 is 14.7 Å². The largest absolute Gasteiger partial charge is 0.480 e. The second-order valence-electron chi connectivity index (χ2n) is 4.15. The molecule has 2 heterocycles. The minimum Gasteiger partial charge on any atom is -0.480 e. The van der Waals surface area contributed by atoms with Crippen LogP contribution in [-0.2, 0) is 9.53 Å². The molecule has 2 rings (SSSR count). The minimum atomic E-state index is -1.05. The molecular formula is C10H14N4O4. The summed E-state index contributed by atoms with van der Waals surface area (Å²) in [5, 5.41) is 15.4. The molecule has 8 nitrogen and oxygen atoms in total. The van der Waals surface area contributed by atoms with Crippen LogP contribution in [0.1, 0.15) is 22.9 Å². The number of rotatable bonds is 3. The van der Waals surface area contributed by atoms with Crippen molar-refractivity contribution in [3.8, 4) is 0 Å². The Morgan fingerprint density at radius 1 is 1.56 bits per heavy atom. The van der Waals surface area contributed by atoms with E-state index in [1.165, 1.54) is 12.0 Å². The van der Waals surface area contributed by atoms with E-state index < -0.39 is 17.9 Å². The van der Waals surface area contributed by atoms with Crippen molar-refractivity contribution in [3.05, 3.63) is 11.6 Å². The lowest BCUT2D eigenvalue weighted by molar-refractivity contribution is -0.141. The summed E-state index contributed by atoms with van der Waals surface area (Å²) in [5.74, 6) is -1.05. The van der Waals surface area contributed by atoms with Crippen LogP contribution < -0.4 is 0 Å². The number of aromatic nitrogens is 3. The highest BCUT2D eigenvalue weighted by Crippen LogP contribution is 2.21. The first-order valence-corrected chi connectivity index (χ1v) is 5.48. The molecule has 0 spiro atoms. The molecule has 2 unspecified atom stereocenters. The first-order valence-electron chi connectivity index (χ1n) is 5.48. The number of carbonyl (C=O) groups excluding carboxylic acids is 1. The second-order valence-corrected chi connectivity index (χ2v) is 4.15. The summed E-state index contributed by atoms with van der Waals surface area (Å²) >= 11 is 0. The predicted octanol–water partition coefficient (Wildman–Crippen LogP) is -0.573. The van der Waals surface area contributed by atoms with Gasteiger partial charge in [0.2, 0.25) is 5.82 Å². The number of aryl methyl sites for hydroxylation is 1. The zero-order valence-corrected chi connectivity index (χ0v) is 10.1. The van der Waals surface area contributed by atoms with E-state index in [0.717, 1.165) is 0 Å². The molecular weight excluding hydrogens is 240 g/mol. The van der Waals surface area contributed by atoms with Crippen LogP contribution >= 0.6 is 0 Å². The molecule has 98 valence electrons. The van der Waals surface area contributed by atoms with E-state index >= 15 is 0 Å². The Bertz CT molecular complexity index is 472. The molecule has 0 radical (unpaired) electrons. The fourth-order valence-corrected chi connectivity index (χ4v) is 1.99. The number of nitrogens with zero attached hydrogens (tertiary/aromatic N) is 3. The number of aliphatic carboxylic acids is 1. The lowest BCUT2D eigenvalue weighted by atomic mass is 10.2. The molecule has 1 aromatic heterocycles. The molecule has 2 atom stereocenters. The highest BCUT2D eigenvalue weighted by Gasteiger charge is 2.41. The first kappa shape index (κ1) is 12.5. The van der Waals surface area contributed by atoms with E-state index in [9.17, 15) is 9.59 Å². The lowest BCUT2D eigenvalue weighted by Gasteiger charge is -2.19. The van der Waals surface area contributed by atoms with Crippen LogP contribution in [0.3, 0.4) is 0 Å². The van der Waals surface area contributed by atoms with Crippen molar-refractivity contribution in [2.75, 3.05) is 13.7 Å². The summed E-state index contributed by atoms with van der Waals surface area (Å²) in [5.41, 5.74) is 0. The summed E-state index contributed by atoms with van der Waals surface area (Å²) in [6, 6.07) is -0.888. The number of hydrogen-bond acceptors (Lipinski definition) is 5. The number of carbonyl (C=O) groups is 2. The van der Waals surface area contributed by atoms with E-state index in [0.29, 0.717) is 5.82 Å². The third kappa shape index (κ3) is 2.19. The Hall–Kier alpha value is -1.96. The van der Waals surface area contributed by atoms with Crippen LogP contribution in [-0.4, -0.2) is 62.9 Å². The van der Waals surface area contributed by atoms with Gasteiger partial charge in [0.1, 0.15) is 11.9 Å². The van der Waals surface area contributed by atoms with Gasteiger partial charge in [0.15, 0.2) is 0 Å². The Balaban J connectivity index is 2.20. The lowest BCUT2D eigenvalue weighted by Crippen LogP contribution is -2.41. The average Bonchev–Trinajstić information content (AvgIpc) is 2.93. The molecule has 1 aromatic rings. The molecule has 2 N–H and O–H groups in total. The van der Waals surface area contributed by atoms with Crippen molar-refractivity contribution in [2.45, 2.75) is 25.5 Å². The number of H-pyrrole nitrogens is 1. The predicted molar refractivity (Wildman–Crippen MR) is 59.0 cm³/mol. The van der Waals surface area contributed by atoms with Gasteiger partial charge in [-0.25, -0.2) is 9.78 Å². The van der Waals surface area contributed by atoms with Gasteiger partial charge in [-0.15, -0.1) is 5.10 Å². The molecule has 0 bridgehead atoms. The van der Waals surface area contributed by atoms with Crippen LogP contribution in [0.4, 0.5) is 0 Å². The third-order valence-electron chi connectivity index (χ3n) is 2.93. The highest BCUT2D eigenvalue weighted by molar-refractivity contribution is 5.94.